The van der Waals surface area contributed by atoms with Crippen molar-refractivity contribution < 1.29 is 74.9 Å². The second kappa shape index (κ2) is 10.7. The molecule has 202 valence electrons. The molecule has 0 bridgehead atoms. The summed E-state index contributed by atoms with van der Waals surface area (Å²) >= 11 is 0. The third kappa shape index (κ3) is 6.66. The van der Waals surface area contributed by atoms with Gasteiger partial charge in [0.15, 0.2) is 23.5 Å². The fraction of sp³-hybridized carbons (Fsp3) is 0.500. The molecule has 0 radical (unpaired) electrons. The van der Waals surface area contributed by atoms with Crippen LogP contribution in [0.15, 0.2) is 11.1 Å². The van der Waals surface area contributed by atoms with Crippen LogP contribution >= 0.6 is 31.7 Å². The third-order valence-corrected chi connectivity index (χ3v) is 8.58. The van der Waals surface area contributed by atoms with Crippen molar-refractivity contribution in [3.63, 3.8) is 0 Å². The Bertz CT molecular complexity index is 1340. The summed E-state index contributed by atoms with van der Waals surface area (Å²) in [5.74, 6) is -0.375. The van der Waals surface area contributed by atoms with Gasteiger partial charge in [0.2, 0.25) is 12.2 Å². The van der Waals surface area contributed by atoms with Gasteiger partial charge in [-0.25, -0.2) is 23.9 Å². The molecule has 0 spiro atoms. The van der Waals surface area contributed by atoms with Gasteiger partial charge >= 0.3 is 31.7 Å². The highest BCUT2D eigenvalue weighted by molar-refractivity contribution is 7.61. The van der Waals surface area contributed by atoms with E-state index in [1.54, 1.807) is 0 Å². The number of imidazole rings is 1. The lowest BCUT2D eigenvalue weighted by atomic mass is 10.2. The van der Waals surface area contributed by atoms with Crippen LogP contribution in [0.3, 0.4) is 0 Å². The van der Waals surface area contributed by atoms with Crippen molar-refractivity contribution in [2.24, 2.45) is 0 Å². The maximum atomic E-state index is 12.6. The van der Waals surface area contributed by atoms with Crippen LogP contribution in [0.1, 0.15) is 6.23 Å². The average molecular weight is 602 g/mol. The molecule has 0 aromatic carbocycles. The number of phosphoric acid groups is 3. The number of anilines is 1. The molecule has 36 heavy (non-hydrogen) atoms. The Hall–Kier alpha value is -1.54. The van der Waals surface area contributed by atoms with E-state index in [0.717, 1.165) is 10.9 Å². The Morgan fingerprint density at radius 1 is 1.28 bits per heavy atom. The molecule has 7 atom stereocenters. The van der Waals surface area contributed by atoms with Crippen LogP contribution in [-0.2, 0) is 49.9 Å². The van der Waals surface area contributed by atoms with E-state index < -0.39 is 62.0 Å². The monoisotopic (exact) mass is 602 g/mol. The number of ether oxygens (including phenoxy) is 1. The number of nitrogens with two attached hydrogens (primary N) is 1. The van der Waals surface area contributed by atoms with Crippen LogP contribution in [-0.4, -0.2) is 70.2 Å². The summed E-state index contributed by atoms with van der Waals surface area (Å²) in [6.07, 6.45) is -7.20. The average Bonchev–Trinajstić information content (AvgIpc) is 3.28. The molecule has 3 heterocycles. The van der Waals surface area contributed by atoms with Crippen LogP contribution < -0.4 is 11.3 Å². The lowest BCUT2D eigenvalue weighted by Gasteiger charge is -2.21. The van der Waals surface area contributed by atoms with Crippen molar-refractivity contribution in [2.45, 2.75) is 24.7 Å². The number of nitrogens with one attached hydrogen (secondary N) is 1. The molecule has 0 saturated carbocycles. The zero-order valence-electron chi connectivity index (χ0n) is 17.2. The zero-order chi connectivity index (χ0) is 27.1. The van der Waals surface area contributed by atoms with Crippen molar-refractivity contribution in [1.29, 1.82) is 0 Å². The molecule has 1 aliphatic heterocycles. The first kappa shape index (κ1) is 29.0. The van der Waals surface area contributed by atoms with Gasteiger partial charge in [0.25, 0.3) is 5.56 Å². The van der Waals surface area contributed by atoms with E-state index in [9.17, 15) is 28.2 Å². The number of hydrogen-bond acceptors (Lipinski definition) is 17. The van der Waals surface area contributed by atoms with Crippen LogP contribution in [0.4, 0.5) is 5.95 Å². The first-order chi connectivity index (χ1) is 16.6. The molecular formula is C10H16N5O17P4+. The number of nitrogen functional groups attached to an aromatic ring is 1. The van der Waals surface area contributed by atoms with E-state index in [4.69, 9.17) is 39.5 Å². The van der Waals surface area contributed by atoms with Crippen molar-refractivity contribution in [2.75, 3.05) is 12.8 Å². The number of aliphatic hydroxyl groups excluding tert-OH is 1. The summed E-state index contributed by atoms with van der Waals surface area (Å²) in [5, 5.41) is 19.0. The number of hydrogen-bond donors (Lipinski definition) is 7. The predicted octanol–water partition coefficient (Wildman–Crippen LogP) is -0.553. The molecule has 26 heteroatoms. The maximum Gasteiger partial charge on any atom is 0.708 e. The molecule has 22 nitrogen and oxygen atoms in total. The van der Waals surface area contributed by atoms with E-state index in [1.807, 2.05) is 0 Å². The number of nitrogens with zero attached hydrogens (tertiary/aromatic N) is 3. The Labute approximate surface area is 198 Å². The van der Waals surface area contributed by atoms with Gasteiger partial charge < -0.3 is 25.4 Å². The number of aromatic amines is 1. The van der Waals surface area contributed by atoms with Gasteiger partial charge in [-0.3, -0.25) is 28.3 Å². The van der Waals surface area contributed by atoms with E-state index in [1.165, 1.54) is 0 Å². The molecule has 3 unspecified atom stereocenters. The van der Waals surface area contributed by atoms with Crippen LogP contribution in [0.25, 0.3) is 11.2 Å². The van der Waals surface area contributed by atoms with Crippen molar-refractivity contribution in [1.82, 2.24) is 19.5 Å². The maximum absolute atomic E-state index is 12.6. The number of fused-ring (bicyclic) bond motifs is 1. The highest BCUT2D eigenvalue weighted by Gasteiger charge is 2.56. The van der Waals surface area contributed by atoms with Gasteiger partial charge in [0.1, 0.15) is 6.10 Å². The van der Waals surface area contributed by atoms with Crippen LogP contribution in [0.5, 0.6) is 0 Å². The minimum absolute atomic E-state index is 0.268. The number of rotatable bonds is 11. The molecule has 1 fully saturated rings. The summed E-state index contributed by atoms with van der Waals surface area (Å²) in [5.41, 5.74) is 4.15. The first-order valence-electron chi connectivity index (χ1n) is 8.74. The standard InChI is InChI=1S/C10H15N5O17P4/c1-26-36(25,32-34(20,21)22)29-9-5(28-33(19)31-35(23,24)30-18)4(16)8(27-9)15-2-12-3-6(15)13-10(11)14-7(3)17/h2,4-5,8-9,16H,1H3,(H6-,11,13,14,17,18,20,21,22,23,24)/p+1/t4-,5-,8-,9-,36?/m1/s1. The summed E-state index contributed by atoms with van der Waals surface area (Å²) in [4.78, 5) is 48.8. The smallest absolute Gasteiger partial charge is 0.385 e. The van der Waals surface area contributed by atoms with E-state index in [2.05, 4.69) is 32.8 Å². The van der Waals surface area contributed by atoms with Gasteiger partial charge in [-0.15, -0.1) is 9.20 Å². The molecule has 0 aliphatic carbocycles. The van der Waals surface area contributed by atoms with Crippen molar-refractivity contribution >= 4 is 48.8 Å². The Kier molecular flexibility index (Phi) is 8.61. The summed E-state index contributed by atoms with van der Waals surface area (Å²) < 4.78 is 78.2. The van der Waals surface area contributed by atoms with Gasteiger partial charge in [-0.1, -0.05) is 0 Å². The molecule has 0 amide bonds. The third-order valence-electron chi connectivity index (χ3n) is 4.04. The summed E-state index contributed by atoms with van der Waals surface area (Å²) in [7, 11) is -19.1. The normalized spacial score (nSPS) is 26.6. The SMILES string of the molecule is COP(=O)(O[C@H]1O[C@@H](n2cnc3c(=O)[nH]c(N)nc32)[C@H](O)[C@H]1O[P+](=O)OP(=O)(O)OO)OP(=O)(O)O. The minimum Gasteiger partial charge on any atom is -0.385 e. The minimum atomic E-state index is -5.51. The molecule has 1 saturated heterocycles. The number of aliphatic hydroxyl groups is 1. The molecule has 3 rings (SSSR count). The molecule has 1 aliphatic rings. The second-order valence-corrected chi connectivity index (χ2v) is 11.9. The Morgan fingerprint density at radius 3 is 2.53 bits per heavy atom. The van der Waals surface area contributed by atoms with E-state index in [0.29, 0.717) is 7.11 Å². The number of aromatic nitrogens is 4. The largest absolute Gasteiger partial charge is 0.708 e. The van der Waals surface area contributed by atoms with Crippen molar-refractivity contribution in [3.8, 4) is 0 Å². The Balaban J connectivity index is 1.99. The second-order valence-electron chi connectivity index (χ2n) is 6.39. The van der Waals surface area contributed by atoms with Gasteiger partial charge in [0, 0.05) is 11.7 Å². The van der Waals surface area contributed by atoms with Crippen molar-refractivity contribution in [3.05, 3.63) is 16.7 Å². The highest BCUT2D eigenvalue weighted by Crippen LogP contribution is 2.62. The summed E-state index contributed by atoms with van der Waals surface area (Å²) in [6.45, 7) is 0. The van der Waals surface area contributed by atoms with Gasteiger partial charge in [-0.2, -0.15) is 9.29 Å². The zero-order valence-corrected chi connectivity index (χ0v) is 20.8. The topological polar surface area (TPSA) is 324 Å². The number of H-pyrrole nitrogens is 1. The first-order valence-corrected chi connectivity index (χ1v) is 14.3. The lowest BCUT2D eigenvalue weighted by molar-refractivity contribution is -0.157. The molecular weight excluding hydrogens is 586 g/mol. The lowest BCUT2D eigenvalue weighted by Crippen LogP contribution is -2.34. The molecule has 2 aromatic rings. The quantitative estimate of drug-likeness (QED) is 0.0963. The van der Waals surface area contributed by atoms with Crippen LogP contribution in [0, 0.1) is 0 Å². The molecule has 8 N–H and O–H groups in total. The van der Waals surface area contributed by atoms with Gasteiger partial charge in [-0.05, 0) is 4.31 Å². The highest BCUT2D eigenvalue weighted by atomic mass is 31.3. The molecule has 2 aromatic heterocycles. The van der Waals surface area contributed by atoms with Gasteiger partial charge in [0.05, 0.1) is 6.33 Å². The summed E-state index contributed by atoms with van der Waals surface area (Å²) in [6, 6.07) is 0. The Morgan fingerprint density at radius 2 is 1.94 bits per heavy atom. The van der Waals surface area contributed by atoms with E-state index >= 15 is 0 Å². The fourth-order valence-electron chi connectivity index (χ4n) is 2.75. The fourth-order valence-corrected chi connectivity index (χ4v) is 6.09. The van der Waals surface area contributed by atoms with E-state index in [-0.39, 0.29) is 17.1 Å². The predicted molar refractivity (Wildman–Crippen MR) is 108 cm³/mol. The number of phosphoric ester groups is 1. The van der Waals surface area contributed by atoms with Crippen LogP contribution in [0.2, 0.25) is 0 Å².